The van der Waals surface area contributed by atoms with Crippen LogP contribution in [0, 0.1) is 23.7 Å². The van der Waals surface area contributed by atoms with Crippen molar-refractivity contribution in [2.75, 3.05) is 13.7 Å². The number of carboxylic acids is 1. The van der Waals surface area contributed by atoms with Crippen LogP contribution in [0.25, 0.3) is 0 Å². The van der Waals surface area contributed by atoms with Gasteiger partial charge in [-0.25, -0.2) is 0 Å². The average Bonchev–Trinajstić information content (AvgIpc) is 2.21. The maximum Gasteiger partial charge on any atom is 0.308 e. The molecule has 0 aromatic rings. The molecule has 0 rings (SSSR count). The molecule has 0 aromatic heterocycles. The van der Waals surface area contributed by atoms with E-state index in [1.165, 1.54) is 6.42 Å². The van der Waals surface area contributed by atoms with E-state index in [9.17, 15) is 4.79 Å². The van der Waals surface area contributed by atoms with Crippen molar-refractivity contribution in [2.24, 2.45) is 23.7 Å². The minimum atomic E-state index is -0.734. The van der Waals surface area contributed by atoms with Crippen LogP contribution in [0.2, 0.25) is 0 Å². The van der Waals surface area contributed by atoms with Gasteiger partial charge >= 0.3 is 5.97 Å². The molecule has 0 bridgehead atoms. The summed E-state index contributed by atoms with van der Waals surface area (Å²) in [6.45, 7) is 9.09. The molecule has 0 fully saturated rings. The van der Waals surface area contributed by atoms with Crippen LogP contribution in [0.3, 0.4) is 0 Å². The number of hydrogen-bond acceptors (Lipinski definition) is 2. The van der Waals surface area contributed by atoms with Gasteiger partial charge in [0.1, 0.15) is 0 Å². The fourth-order valence-electron chi connectivity index (χ4n) is 2.08. The van der Waals surface area contributed by atoms with Crippen molar-refractivity contribution in [2.45, 2.75) is 47.0 Å². The molecule has 1 N–H and O–H groups in total. The number of aliphatic carboxylic acids is 1. The largest absolute Gasteiger partial charge is 0.481 e. The Kier molecular flexibility index (Phi) is 8.23. The summed E-state index contributed by atoms with van der Waals surface area (Å²) in [6.07, 6.45) is 3.01. The zero-order chi connectivity index (χ0) is 13.4. The Morgan fingerprint density at radius 3 is 2.12 bits per heavy atom. The van der Waals surface area contributed by atoms with E-state index in [4.69, 9.17) is 9.84 Å². The van der Waals surface area contributed by atoms with E-state index >= 15 is 0 Å². The molecular weight excluding hydrogens is 216 g/mol. The van der Waals surface area contributed by atoms with Crippen LogP contribution in [0.4, 0.5) is 0 Å². The second-order valence-electron chi connectivity index (χ2n) is 5.70. The molecule has 0 radical (unpaired) electrons. The zero-order valence-corrected chi connectivity index (χ0v) is 11.9. The van der Waals surface area contributed by atoms with Crippen LogP contribution in [0.5, 0.6) is 0 Å². The Morgan fingerprint density at radius 2 is 1.76 bits per heavy atom. The van der Waals surface area contributed by atoms with Gasteiger partial charge in [-0.2, -0.15) is 0 Å². The summed E-state index contributed by atoms with van der Waals surface area (Å²) in [5, 5.41) is 9.13. The second kappa shape index (κ2) is 8.51. The van der Waals surface area contributed by atoms with Gasteiger partial charge in [0.15, 0.2) is 0 Å². The first-order valence-corrected chi connectivity index (χ1v) is 6.60. The first-order chi connectivity index (χ1) is 7.88. The molecular formula is C14H28O3. The highest BCUT2D eigenvalue weighted by atomic mass is 16.5. The lowest BCUT2D eigenvalue weighted by atomic mass is 9.82. The van der Waals surface area contributed by atoms with Crippen LogP contribution < -0.4 is 0 Å². The van der Waals surface area contributed by atoms with E-state index in [1.54, 1.807) is 7.11 Å². The molecule has 0 aliphatic heterocycles. The van der Waals surface area contributed by atoms with Crippen LogP contribution in [0.15, 0.2) is 0 Å². The van der Waals surface area contributed by atoms with Crippen LogP contribution in [0.1, 0.15) is 47.0 Å². The van der Waals surface area contributed by atoms with Gasteiger partial charge in [0, 0.05) is 7.11 Å². The van der Waals surface area contributed by atoms with Gasteiger partial charge in [0.25, 0.3) is 0 Å². The third-order valence-corrected chi connectivity index (χ3v) is 3.36. The van der Waals surface area contributed by atoms with E-state index in [0.717, 1.165) is 12.8 Å². The molecule has 17 heavy (non-hydrogen) atoms. The summed E-state index contributed by atoms with van der Waals surface area (Å²) in [5.74, 6) is 0.602. The molecule has 2 atom stereocenters. The Bertz CT molecular complexity index is 212. The van der Waals surface area contributed by atoms with Crippen molar-refractivity contribution in [3.63, 3.8) is 0 Å². The minimum absolute atomic E-state index is 0.320. The third-order valence-electron chi connectivity index (χ3n) is 3.36. The maximum atomic E-state index is 11.1. The molecule has 0 heterocycles. The zero-order valence-electron chi connectivity index (χ0n) is 11.9. The monoisotopic (exact) mass is 244 g/mol. The Hall–Kier alpha value is -0.570. The quantitative estimate of drug-likeness (QED) is 0.676. The fourth-order valence-corrected chi connectivity index (χ4v) is 2.08. The highest BCUT2D eigenvalue weighted by Crippen LogP contribution is 2.27. The van der Waals surface area contributed by atoms with Crippen LogP contribution in [-0.4, -0.2) is 24.8 Å². The van der Waals surface area contributed by atoms with E-state index in [0.29, 0.717) is 24.4 Å². The van der Waals surface area contributed by atoms with Crippen molar-refractivity contribution < 1.29 is 14.6 Å². The lowest BCUT2D eigenvalue weighted by Crippen LogP contribution is -2.24. The fraction of sp³-hybridized carbons (Fsp3) is 0.929. The van der Waals surface area contributed by atoms with Gasteiger partial charge in [-0.1, -0.05) is 34.1 Å². The molecule has 3 heteroatoms. The molecule has 0 aliphatic rings. The van der Waals surface area contributed by atoms with Gasteiger partial charge in [-0.3, -0.25) is 4.79 Å². The molecule has 0 saturated carbocycles. The summed E-state index contributed by atoms with van der Waals surface area (Å²) < 4.78 is 4.99. The number of ether oxygens (including phenoxy) is 1. The Labute approximate surface area is 106 Å². The van der Waals surface area contributed by atoms with Crippen molar-refractivity contribution in [1.29, 1.82) is 0 Å². The number of methoxy groups -OCH3 is 1. The van der Waals surface area contributed by atoms with Crippen molar-refractivity contribution in [3.8, 4) is 0 Å². The molecule has 0 amide bonds. The van der Waals surface area contributed by atoms with Gasteiger partial charge in [-0.05, 0) is 30.6 Å². The van der Waals surface area contributed by atoms with Gasteiger partial charge in [0.2, 0.25) is 0 Å². The van der Waals surface area contributed by atoms with Crippen molar-refractivity contribution >= 4 is 5.97 Å². The van der Waals surface area contributed by atoms with E-state index in [2.05, 4.69) is 27.7 Å². The Morgan fingerprint density at radius 1 is 1.18 bits per heavy atom. The summed E-state index contributed by atoms with van der Waals surface area (Å²) >= 11 is 0. The van der Waals surface area contributed by atoms with Gasteiger partial charge in [-0.15, -0.1) is 0 Å². The lowest BCUT2D eigenvalue weighted by Gasteiger charge is -2.24. The average molecular weight is 244 g/mol. The molecule has 102 valence electrons. The van der Waals surface area contributed by atoms with E-state index in [-0.39, 0.29) is 5.92 Å². The van der Waals surface area contributed by atoms with Crippen LogP contribution >= 0.6 is 0 Å². The summed E-state index contributed by atoms with van der Waals surface area (Å²) in [6, 6.07) is 0. The molecule has 2 unspecified atom stereocenters. The molecule has 3 nitrogen and oxygen atoms in total. The van der Waals surface area contributed by atoms with E-state index in [1.807, 2.05) is 0 Å². The molecule has 0 aromatic carbocycles. The highest BCUT2D eigenvalue weighted by Gasteiger charge is 2.24. The maximum absolute atomic E-state index is 11.1. The lowest BCUT2D eigenvalue weighted by molar-refractivity contribution is -0.144. The van der Waals surface area contributed by atoms with Gasteiger partial charge in [0.05, 0.1) is 12.5 Å². The number of hydrogen-bond donors (Lipinski definition) is 1. The minimum Gasteiger partial charge on any atom is -0.481 e. The predicted molar refractivity (Wildman–Crippen MR) is 70.0 cm³/mol. The predicted octanol–water partition coefficient (Wildman–Crippen LogP) is 3.43. The first-order valence-electron chi connectivity index (χ1n) is 6.60. The molecule has 0 aliphatic carbocycles. The van der Waals surface area contributed by atoms with Gasteiger partial charge < -0.3 is 9.84 Å². The normalized spacial score (nSPS) is 15.2. The first kappa shape index (κ1) is 16.4. The molecule has 0 saturated heterocycles. The third kappa shape index (κ3) is 7.37. The standard InChI is InChI=1S/C14H28O3/c1-10(2)6-7-12(11(3)4)8-13(9-17-5)14(15)16/h10-13H,6-9H2,1-5H3,(H,15,16). The number of carbonyl (C=O) groups is 1. The highest BCUT2D eigenvalue weighted by molar-refractivity contribution is 5.70. The summed E-state index contributed by atoms with van der Waals surface area (Å²) in [4.78, 5) is 11.1. The summed E-state index contributed by atoms with van der Waals surface area (Å²) in [5.41, 5.74) is 0. The second-order valence-corrected chi connectivity index (χ2v) is 5.70. The number of rotatable bonds is 9. The van der Waals surface area contributed by atoms with E-state index < -0.39 is 5.97 Å². The smallest absolute Gasteiger partial charge is 0.308 e. The van der Waals surface area contributed by atoms with Crippen molar-refractivity contribution in [3.05, 3.63) is 0 Å². The topological polar surface area (TPSA) is 46.5 Å². The van der Waals surface area contributed by atoms with Crippen LogP contribution in [-0.2, 0) is 9.53 Å². The van der Waals surface area contributed by atoms with Crippen molar-refractivity contribution in [1.82, 2.24) is 0 Å². The summed E-state index contributed by atoms with van der Waals surface area (Å²) in [7, 11) is 1.56. The molecule has 0 spiro atoms. The number of carboxylic acid groups (broad SMARTS) is 1. The SMILES string of the molecule is COCC(CC(CCC(C)C)C(C)C)C(=O)O. The Balaban J connectivity index is 4.33.